The molecule has 2 rings (SSSR count). The van der Waals surface area contributed by atoms with Gasteiger partial charge in [0.25, 0.3) is 5.91 Å². The van der Waals surface area contributed by atoms with Crippen molar-refractivity contribution >= 4 is 17.5 Å². The van der Waals surface area contributed by atoms with E-state index in [-0.39, 0.29) is 18.4 Å². The maximum Gasteiger partial charge on any atom is 0.268 e. The van der Waals surface area contributed by atoms with Gasteiger partial charge < -0.3 is 10.4 Å². The summed E-state index contributed by atoms with van der Waals surface area (Å²) in [7, 11) is 1.55. The molecule has 0 aromatic rings. The van der Waals surface area contributed by atoms with Crippen molar-refractivity contribution in [2.24, 2.45) is 11.0 Å². The molecule has 6 heteroatoms. The Labute approximate surface area is 119 Å². The molecule has 0 radical (unpaired) electrons. The molecule has 112 valence electrons. The maximum absolute atomic E-state index is 12.3. The van der Waals surface area contributed by atoms with E-state index in [2.05, 4.69) is 17.3 Å². The molecule has 6 nitrogen and oxygen atoms in total. The van der Waals surface area contributed by atoms with Crippen molar-refractivity contribution in [3.63, 3.8) is 0 Å². The number of hydrogen-bond acceptors (Lipinski definition) is 4. The lowest BCUT2D eigenvalue weighted by molar-refractivity contribution is -0.130. The topological polar surface area (TPSA) is 82.0 Å². The van der Waals surface area contributed by atoms with Crippen molar-refractivity contribution in [2.75, 3.05) is 13.7 Å². The number of hydrazone groups is 1. The van der Waals surface area contributed by atoms with Crippen LogP contribution in [0.15, 0.2) is 5.10 Å². The Morgan fingerprint density at radius 3 is 2.90 bits per heavy atom. The second kappa shape index (κ2) is 5.91. The average molecular weight is 281 g/mol. The fraction of sp³-hybridized carbons (Fsp3) is 0.786. The number of amides is 2. The fourth-order valence-corrected chi connectivity index (χ4v) is 3.10. The van der Waals surface area contributed by atoms with Crippen LogP contribution in [-0.4, -0.2) is 46.8 Å². The zero-order valence-electron chi connectivity index (χ0n) is 12.2. The van der Waals surface area contributed by atoms with E-state index < -0.39 is 5.54 Å². The maximum atomic E-state index is 12.3. The highest BCUT2D eigenvalue weighted by atomic mass is 16.3. The predicted molar refractivity (Wildman–Crippen MR) is 75.0 cm³/mol. The van der Waals surface area contributed by atoms with Gasteiger partial charge in [-0.05, 0) is 18.8 Å². The van der Waals surface area contributed by atoms with E-state index in [4.69, 9.17) is 0 Å². The second-order valence-electron chi connectivity index (χ2n) is 6.06. The third kappa shape index (κ3) is 3.17. The lowest BCUT2D eigenvalue weighted by Crippen LogP contribution is -2.56. The zero-order valence-corrected chi connectivity index (χ0v) is 12.2. The molecule has 0 saturated heterocycles. The van der Waals surface area contributed by atoms with Crippen LogP contribution < -0.4 is 5.32 Å². The molecule has 1 saturated carbocycles. The van der Waals surface area contributed by atoms with Gasteiger partial charge in [0.15, 0.2) is 0 Å². The molecule has 0 aromatic carbocycles. The first-order valence-electron chi connectivity index (χ1n) is 7.23. The number of hydrogen-bond donors (Lipinski definition) is 2. The Morgan fingerprint density at radius 1 is 1.55 bits per heavy atom. The van der Waals surface area contributed by atoms with Crippen molar-refractivity contribution in [3.8, 4) is 0 Å². The van der Waals surface area contributed by atoms with E-state index in [9.17, 15) is 14.7 Å². The normalized spacial score (nSPS) is 30.9. The monoisotopic (exact) mass is 281 g/mol. The van der Waals surface area contributed by atoms with Gasteiger partial charge in [-0.3, -0.25) is 9.59 Å². The summed E-state index contributed by atoms with van der Waals surface area (Å²) in [5, 5.41) is 17.9. The van der Waals surface area contributed by atoms with Gasteiger partial charge >= 0.3 is 0 Å². The molecule has 2 unspecified atom stereocenters. The minimum Gasteiger partial charge on any atom is -0.394 e. The van der Waals surface area contributed by atoms with E-state index >= 15 is 0 Å². The molecule has 2 aliphatic rings. The molecule has 1 aliphatic carbocycles. The number of aliphatic hydroxyl groups is 1. The molecule has 0 spiro atoms. The number of carbonyl (C=O) groups excluding carboxylic acids is 2. The first-order chi connectivity index (χ1) is 9.46. The summed E-state index contributed by atoms with van der Waals surface area (Å²) in [6, 6.07) is 0. The summed E-state index contributed by atoms with van der Waals surface area (Å²) in [5.41, 5.74) is -0.157. The summed E-state index contributed by atoms with van der Waals surface area (Å²) in [5.74, 6) is 0.158. The Hall–Kier alpha value is -1.43. The molecule has 1 aliphatic heterocycles. The number of carbonyl (C=O) groups is 2. The van der Waals surface area contributed by atoms with Crippen LogP contribution in [0.25, 0.3) is 0 Å². The average Bonchev–Trinajstić information content (AvgIpc) is 2.41. The third-order valence-corrected chi connectivity index (χ3v) is 4.24. The van der Waals surface area contributed by atoms with Crippen LogP contribution in [0.2, 0.25) is 0 Å². The Bertz CT molecular complexity index is 435. The third-order valence-electron chi connectivity index (χ3n) is 4.24. The van der Waals surface area contributed by atoms with E-state index in [1.165, 1.54) is 5.01 Å². The molecular weight excluding hydrogens is 258 g/mol. The van der Waals surface area contributed by atoms with Crippen LogP contribution in [0.3, 0.4) is 0 Å². The molecule has 2 amide bonds. The van der Waals surface area contributed by atoms with Crippen LogP contribution >= 0.6 is 0 Å². The minimum atomic E-state index is -0.530. The number of nitrogens with zero attached hydrogens (tertiary/aromatic N) is 2. The molecule has 2 atom stereocenters. The van der Waals surface area contributed by atoms with Crippen molar-refractivity contribution in [2.45, 2.75) is 51.0 Å². The number of nitrogens with one attached hydrogen (secondary N) is 1. The smallest absolute Gasteiger partial charge is 0.268 e. The molecule has 0 aromatic heterocycles. The zero-order chi connectivity index (χ0) is 14.8. The van der Waals surface area contributed by atoms with E-state index in [1.807, 2.05) is 0 Å². The van der Waals surface area contributed by atoms with Gasteiger partial charge in [-0.2, -0.15) is 5.10 Å². The Morgan fingerprint density at radius 2 is 2.30 bits per heavy atom. The van der Waals surface area contributed by atoms with Crippen molar-refractivity contribution < 1.29 is 14.7 Å². The van der Waals surface area contributed by atoms with Gasteiger partial charge in [-0.1, -0.05) is 19.8 Å². The summed E-state index contributed by atoms with van der Waals surface area (Å²) in [6.07, 6.45) is 4.40. The van der Waals surface area contributed by atoms with Gasteiger partial charge in [0.05, 0.1) is 12.1 Å². The van der Waals surface area contributed by atoms with Crippen LogP contribution in [0.5, 0.6) is 0 Å². The van der Waals surface area contributed by atoms with Gasteiger partial charge in [0, 0.05) is 19.9 Å². The highest BCUT2D eigenvalue weighted by Gasteiger charge is 2.37. The number of aliphatic hydroxyl groups excluding tert-OH is 1. The minimum absolute atomic E-state index is 0.0505. The van der Waals surface area contributed by atoms with Gasteiger partial charge in [0.2, 0.25) is 5.91 Å². The van der Waals surface area contributed by atoms with E-state index in [0.717, 1.165) is 25.7 Å². The fourth-order valence-electron chi connectivity index (χ4n) is 3.10. The summed E-state index contributed by atoms with van der Waals surface area (Å²) < 4.78 is 0. The van der Waals surface area contributed by atoms with Gasteiger partial charge in [-0.15, -0.1) is 0 Å². The Kier molecular flexibility index (Phi) is 4.42. The first kappa shape index (κ1) is 15.0. The van der Waals surface area contributed by atoms with Crippen molar-refractivity contribution in [3.05, 3.63) is 0 Å². The predicted octanol–water partition coefficient (Wildman–Crippen LogP) is 0.652. The standard InChI is InChI=1S/C14H23N3O3/c1-10-4-3-7-14(8-10,9-18)15-13(20)11-5-6-12(19)17(2)16-11/h10,18H,3-9H2,1-2H3,(H,15,20). The Balaban J connectivity index is 2.06. The molecule has 20 heavy (non-hydrogen) atoms. The molecule has 1 heterocycles. The van der Waals surface area contributed by atoms with Gasteiger partial charge in [0.1, 0.15) is 5.71 Å². The second-order valence-corrected chi connectivity index (χ2v) is 6.06. The summed E-state index contributed by atoms with van der Waals surface area (Å²) in [6.45, 7) is 2.09. The number of rotatable bonds is 3. The largest absolute Gasteiger partial charge is 0.394 e. The first-order valence-corrected chi connectivity index (χ1v) is 7.23. The van der Waals surface area contributed by atoms with Crippen molar-refractivity contribution in [1.29, 1.82) is 0 Å². The quantitative estimate of drug-likeness (QED) is 0.797. The van der Waals surface area contributed by atoms with Crippen molar-refractivity contribution in [1.82, 2.24) is 10.3 Å². The van der Waals surface area contributed by atoms with Gasteiger partial charge in [-0.25, -0.2) is 5.01 Å². The van der Waals surface area contributed by atoms with Crippen LogP contribution in [0.4, 0.5) is 0 Å². The molecule has 0 bridgehead atoms. The van der Waals surface area contributed by atoms with E-state index in [0.29, 0.717) is 24.5 Å². The lowest BCUT2D eigenvalue weighted by Gasteiger charge is -2.39. The summed E-state index contributed by atoms with van der Waals surface area (Å²) >= 11 is 0. The lowest BCUT2D eigenvalue weighted by atomic mass is 9.76. The molecular formula is C14H23N3O3. The highest BCUT2D eigenvalue weighted by molar-refractivity contribution is 6.39. The summed E-state index contributed by atoms with van der Waals surface area (Å²) in [4.78, 5) is 23.7. The molecule has 2 N–H and O–H groups in total. The molecule has 1 fully saturated rings. The van der Waals surface area contributed by atoms with Crippen LogP contribution in [-0.2, 0) is 9.59 Å². The highest BCUT2D eigenvalue weighted by Crippen LogP contribution is 2.32. The van der Waals surface area contributed by atoms with Crippen LogP contribution in [0.1, 0.15) is 45.4 Å². The van der Waals surface area contributed by atoms with Crippen LogP contribution in [0, 0.1) is 5.92 Å². The SMILES string of the molecule is CC1CCCC(CO)(NC(=O)C2=NN(C)C(=O)CC2)C1. The van der Waals surface area contributed by atoms with E-state index in [1.54, 1.807) is 7.05 Å².